The maximum atomic E-state index is 12.8. The van der Waals surface area contributed by atoms with Crippen LogP contribution in [0, 0.1) is 5.92 Å². The molecule has 0 radical (unpaired) electrons. The van der Waals surface area contributed by atoms with Crippen LogP contribution >= 0.6 is 0 Å². The zero-order chi connectivity index (χ0) is 17.4. The number of piperidine rings is 3. The smallest absolute Gasteiger partial charge is 0.413 e. The van der Waals surface area contributed by atoms with E-state index in [-0.39, 0.29) is 19.1 Å². The lowest BCUT2D eigenvalue weighted by molar-refractivity contribution is -0.182. The number of nitrogens with zero attached hydrogens (tertiary/aromatic N) is 2. The molecule has 2 bridgehead atoms. The summed E-state index contributed by atoms with van der Waals surface area (Å²) in [6.07, 6.45) is 1.21. The number of hydrogen-bond acceptors (Lipinski definition) is 5. The summed E-state index contributed by atoms with van der Waals surface area (Å²) in [4.78, 5) is 28.1. The lowest BCUT2D eigenvalue weighted by Crippen LogP contribution is -2.68. The summed E-state index contributed by atoms with van der Waals surface area (Å²) in [5.41, 5.74) is -0.00124. The van der Waals surface area contributed by atoms with Gasteiger partial charge in [0.25, 0.3) is 0 Å². The Kier molecular flexibility index (Phi) is 4.13. The van der Waals surface area contributed by atoms with Crippen LogP contribution in [0.15, 0.2) is 30.3 Å². The van der Waals surface area contributed by atoms with Crippen molar-refractivity contribution in [1.82, 2.24) is 9.80 Å². The van der Waals surface area contributed by atoms with Crippen LogP contribution in [0.2, 0.25) is 0 Å². The average molecular weight is 346 g/mol. The number of ether oxygens (including phenoxy) is 2. The van der Waals surface area contributed by atoms with Gasteiger partial charge in [-0.25, -0.2) is 9.59 Å². The summed E-state index contributed by atoms with van der Waals surface area (Å²) in [7, 11) is 0. The molecule has 1 aromatic rings. The second-order valence-electron chi connectivity index (χ2n) is 6.97. The van der Waals surface area contributed by atoms with Gasteiger partial charge in [0.15, 0.2) is 11.8 Å². The van der Waals surface area contributed by atoms with Crippen LogP contribution < -0.4 is 0 Å². The molecule has 0 aromatic heterocycles. The van der Waals surface area contributed by atoms with E-state index in [2.05, 4.69) is 4.90 Å². The Balaban J connectivity index is 1.56. The average Bonchev–Trinajstić information content (AvgIpc) is 3.00. The molecule has 1 amide bonds. The lowest BCUT2D eigenvalue weighted by Gasteiger charge is -2.53. The maximum Gasteiger partial charge on any atom is 0.413 e. The first kappa shape index (κ1) is 16.4. The summed E-state index contributed by atoms with van der Waals surface area (Å²) >= 11 is 0. The predicted octanol–water partition coefficient (Wildman–Crippen LogP) is 1.53. The fourth-order valence-corrected chi connectivity index (χ4v) is 4.31. The molecule has 7 nitrogen and oxygen atoms in total. The number of aliphatic carboxylic acids is 1. The van der Waals surface area contributed by atoms with Gasteiger partial charge in [-0.2, -0.15) is 0 Å². The number of carboxylic acid groups (broad SMARTS) is 1. The summed E-state index contributed by atoms with van der Waals surface area (Å²) < 4.78 is 11.4. The van der Waals surface area contributed by atoms with E-state index in [4.69, 9.17) is 9.47 Å². The van der Waals surface area contributed by atoms with Crippen molar-refractivity contribution in [2.24, 2.45) is 5.92 Å². The normalized spacial score (nSPS) is 33.6. The van der Waals surface area contributed by atoms with Crippen molar-refractivity contribution in [3.05, 3.63) is 35.9 Å². The molecule has 4 heterocycles. The molecule has 134 valence electrons. The highest BCUT2D eigenvalue weighted by Gasteiger charge is 2.61. The van der Waals surface area contributed by atoms with Crippen LogP contribution in [-0.4, -0.2) is 65.0 Å². The first-order valence-electron chi connectivity index (χ1n) is 8.69. The maximum absolute atomic E-state index is 12.8. The van der Waals surface area contributed by atoms with Crippen molar-refractivity contribution >= 4 is 12.1 Å². The van der Waals surface area contributed by atoms with Crippen LogP contribution in [0.5, 0.6) is 0 Å². The predicted molar refractivity (Wildman–Crippen MR) is 87.7 cm³/mol. The van der Waals surface area contributed by atoms with Gasteiger partial charge in [0.05, 0.1) is 6.61 Å². The number of carboxylic acids is 1. The molecule has 4 aliphatic rings. The molecular formula is C18H22N2O5. The molecule has 7 heteroatoms. The van der Waals surface area contributed by atoms with Gasteiger partial charge in [-0.05, 0) is 31.5 Å². The number of fused-ring (bicyclic) bond motifs is 2. The van der Waals surface area contributed by atoms with Gasteiger partial charge >= 0.3 is 12.1 Å². The zero-order valence-electron chi connectivity index (χ0n) is 14.0. The van der Waals surface area contributed by atoms with E-state index in [9.17, 15) is 14.7 Å². The molecule has 0 saturated carbocycles. The third kappa shape index (κ3) is 2.77. The third-order valence-corrected chi connectivity index (χ3v) is 5.57. The summed E-state index contributed by atoms with van der Waals surface area (Å²) in [5, 5.41) is 9.56. The number of carbonyl (C=O) groups excluding carboxylic acids is 1. The van der Waals surface area contributed by atoms with E-state index < -0.39 is 23.8 Å². The van der Waals surface area contributed by atoms with Crippen molar-refractivity contribution in [2.45, 2.75) is 31.2 Å². The number of rotatable bonds is 3. The topological polar surface area (TPSA) is 79.3 Å². The highest BCUT2D eigenvalue weighted by molar-refractivity contribution is 5.81. The molecule has 1 N–H and O–H groups in total. The minimum Gasteiger partial charge on any atom is -0.480 e. The van der Waals surface area contributed by atoms with E-state index in [0.29, 0.717) is 6.54 Å². The van der Waals surface area contributed by atoms with E-state index in [1.54, 1.807) is 0 Å². The van der Waals surface area contributed by atoms with Crippen molar-refractivity contribution in [3.63, 3.8) is 0 Å². The minimum atomic E-state index is -1.05. The molecule has 25 heavy (non-hydrogen) atoms. The molecule has 0 aliphatic carbocycles. The second kappa shape index (κ2) is 6.31. The summed E-state index contributed by atoms with van der Waals surface area (Å²) in [6.45, 7) is 2.63. The molecule has 1 spiro atoms. The molecule has 2 unspecified atom stereocenters. The van der Waals surface area contributed by atoms with E-state index >= 15 is 0 Å². The SMILES string of the molecule is O=C(O)C1COC2(CN3CCC2CC3)N1C(=O)OCc1ccccc1. The molecular weight excluding hydrogens is 324 g/mol. The molecule has 1 aromatic carbocycles. The summed E-state index contributed by atoms with van der Waals surface area (Å²) in [5.74, 6) is -0.892. The summed E-state index contributed by atoms with van der Waals surface area (Å²) in [6, 6.07) is 8.37. The van der Waals surface area contributed by atoms with Crippen molar-refractivity contribution in [1.29, 1.82) is 0 Å². The van der Waals surface area contributed by atoms with Crippen LogP contribution in [0.3, 0.4) is 0 Å². The van der Waals surface area contributed by atoms with Gasteiger partial charge in [-0.1, -0.05) is 30.3 Å². The van der Waals surface area contributed by atoms with Crippen LogP contribution in [0.4, 0.5) is 4.79 Å². The quantitative estimate of drug-likeness (QED) is 0.894. The molecule has 4 fully saturated rings. The van der Waals surface area contributed by atoms with Gasteiger partial charge < -0.3 is 14.6 Å². The monoisotopic (exact) mass is 346 g/mol. The Morgan fingerprint density at radius 1 is 1.24 bits per heavy atom. The number of benzene rings is 1. The van der Waals surface area contributed by atoms with E-state index in [1.165, 1.54) is 4.90 Å². The van der Waals surface area contributed by atoms with Gasteiger partial charge in [-0.15, -0.1) is 0 Å². The van der Waals surface area contributed by atoms with Crippen molar-refractivity contribution in [2.75, 3.05) is 26.2 Å². The zero-order valence-corrected chi connectivity index (χ0v) is 14.0. The Bertz CT molecular complexity index is 659. The first-order chi connectivity index (χ1) is 12.1. The van der Waals surface area contributed by atoms with Gasteiger partial charge in [0, 0.05) is 12.5 Å². The third-order valence-electron chi connectivity index (χ3n) is 5.57. The van der Waals surface area contributed by atoms with Gasteiger partial charge in [0.2, 0.25) is 0 Å². The van der Waals surface area contributed by atoms with Crippen LogP contribution in [0.1, 0.15) is 18.4 Å². The first-order valence-corrected chi connectivity index (χ1v) is 8.69. The van der Waals surface area contributed by atoms with Gasteiger partial charge in [-0.3, -0.25) is 9.80 Å². The van der Waals surface area contributed by atoms with E-state index in [1.807, 2.05) is 30.3 Å². The Labute approximate surface area is 146 Å². The second-order valence-corrected chi connectivity index (χ2v) is 6.97. The molecule has 4 aliphatic heterocycles. The standard InChI is InChI=1S/C18H22N2O5/c21-16(22)15-11-25-18(12-19-8-6-14(18)7-9-19)20(15)17(23)24-10-13-4-2-1-3-5-13/h1-5,14-15H,6-12H2,(H,21,22). The number of amides is 1. The minimum absolute atomic E-state index is 0.0140. The highest BCUT2D eigenvalue weighted by atomic mass is 16.6. The van der Waals surface area contributed by atoms with Crippen LogP contribution in [0.25, 0.3) is 0 Å². The Morgan fingerprint density at radius 2 is 1.96 bits per heavy atom. The highest BCUT2D eigenvalue weighted by Crippen LogP contribution is 2.45. The lowest BCUT2D eigenvalue weighted by atomic mass is 9.80. The largest absolute Gasteiger partial charge is 0.480 e. The fraction of sp³-hybridized carbons (Fsp3) is 0.556. The molecule has 5 rings (SSSR count). The van der Waals surface area contributed by atoms with E-state index in [0.717, 1.165) is 31.5 Å². The molecule has 4 saturated heterocycles. The Hall–Kier alpha value is -2.12. The van der Waals surface area contributed by atoms with Crippen LogP contribution in [-0.2, 0) is 20.9 Å². The number of hydrogen-bond donors (Lipinski definition) is 1. The number of carbonyl (C=O) groups is 2. The van der Waals surface area contributed by atoms with Crippen molar-refractivity contribution < 1.29 is 24.2 Å². The molecule has 2 atom stereocenters. The van der Waals surface area contributed by atoms with Crippen molar-refractivity contribution in [3.8, 4) is 0 Å². The Morgan fingerprint density at radius 3 is 2.56 bits per heavy atom. The van der Waals surface area contributed by atoms with Gasteiger partial charge in [0.1, 0.15) is 6.61 Å². The fourth-order valence-electron chi connectivity index (χ4n) is 4.31.